The van der Waals surface area contributed by atoms with Gasteiger partial charge < -0.3 is 11.1 Å². The van der Waals surface area contributed by atoms with Gasteiger partial charge in [-0.25, -0.2) is 0 Å². The minimum Gasteiger partial charge on any atom is -0.326 e. The van der Waals surface area contributed by atoms with E-state index in [9.17, 15) is 4.79 Å². The fourth-order valence-electron chi connectivity index (χ4n) is 2.67. The van der Waals surface area contributed by atoms with Crippen molar-refractivity contribution in [2.45, 2.75) is 45.2 Å². The summed E-state index contributed by atoms with van der Waals surface area (Å²) in [6.45, 7) is 4.54. The molecule has 1 aromatic carbocycles. The van der Waals surface area contributed by atoms with Gasteiger partial charge in [-0.1, -0.05) is 25.0 Å². The first-order valence-corrected chi connectivity index (χ1v) is 7.54. The molecular formula is C16H25N3O. The van der Waals surface area contributed by atoms with Gasteiger partial charge in [0.15, 0.2) is 0 Å². The van der Waals surface area contributed by atoms with Crippen molar-refractivity contribution in [1.29, 1.82) is 0 Å². The van der Waals surface area contributed by atoms with Crippen molar-refractivity contribution in [2.24, 2.45) is 5.73 Å². The van der Waals surface area contributed by atoms with E-state index in [1.807, 2.05) is 31.2 Å². The number of nitrogens with two attached hydrogens (primary N) is 1. The van der Waals surface area contributed by atoms with Gasteiger partial charge >= 0.3 is 0 Å². The van der Waals surface area contributed by atoms with Crippen LogP contribution in [0.5, 0.6) is 0 Å². The monoisotopic (exact) mass is 275 g/mol. The number of anilines is 1. The van der Waals surface area contributed by atoms with E-state index in [0.717, 1.165) is 24.3 Å². The summed E-state index contributed by atoms with van der Waals surface area (Å²) in [7, 11) is 0. The lowest BCUT2D eigenvalue weighted by Gasteiger charge is -2.26. The molecule has 0 aliphatic carbocycles. The number of likely N-dealkylation sites (tertiary alicyclic amines) is 1. The van der Waals surface area contributed by atoms with Crippen LogP contribution in [0.2, 0.25) is 0 Å². The van der Waals surface area contributed by atoms with Crippen molar-refractivity contribution in [3.05, 3.63) is 29.8 Å². The van der Waals surface area contributed by atoms with Gasteiger partial charge in [0.2, 0.25) is 5.91 Å². The number of hydrogen-bond acceptors (Lipinski definition) is 3. The quantitative estimate of drug-likeness (QED) is 0.887. The zero-order valence-corrected chi connectivity index (χ0v) is 12.3. The fraction of sp³-hybridized carbons (Fsp3) is 0.562. The van der Waals surface area contributed by atoms with Gasteiger partial charge in [0.1, 0.15) is 0 Å². The number of nitrogens with zero attached hydrogens (tertiary/aromatic N) is 1. The van der Waals surface area contributed by atoms with E-state index in [0.29, 0.717) is 6.54 Å². The minimum absolute atomic E-state index is 0.0704. The Morgan fingerprint density at radius 1 is 1.30 bits per heavy atom. The lowest BCUT2D eigenvalue weighted by Crippen LogP contribution is -2.42. The van der Waals surface area contributed by atoms with Crippen molar-refractivity contribution in [3.8, 4) is 0 Å². The maximum atomic E-state index is 12.3. The Kier molecular flexibility index (Phi) is 5.56. The summed E-state index contributed by atoms with van der Waals surface area (Å²) in [5.74, 6) is 0.0704. The standard InChI is InChI=1S/C16H25N3O/c1-13(19-9-4-2-3-5-10-19)16(20)18-15-8-6-7-14(11-15)12-17/h6-8,11,13H,2-5,9-10,12,17H2,1H3,(H,18,20). The predicted octanol–water partition coefficient (Wildman–Crippen LogP) is 2.35. The molecule has 0 aromatic heterocycles. The summed E-state index contributed by atoms with van der Waals surface area (Å²) in [4.78, 5) is 14.6. The average molecular weight is 275 g/mol. The van der Waals surface area contributed by atoms with E-state index in [1.54, 1.807) is 0 Å². The van der Waals surface area contributed by atoms with Crippen molar-refractivity contribution in [3.63, 3.8) is 0 Å². The Hall–Kier alpha value is -1.39. The topological polar surface area (TPSA) is 58.4 Å². The second kappa shape index (κ2) is 7.41. The summed E-state index contributed by atoms with van der Waals surface area (Å²) in [5, 5.41) is 3.00. The highest BCUT2D eigenvalue weighted by molar-refractivity contribution is 5.94. The molecule has 1 atom stereocenters. The number of carbonyl (C=O) groups excluding carboxylic acids is 1. The summed E-state index contributed by atoms with van der Waals surface area (Å²) in [6.07, 6.45) is 4.95. The molecular weight excluding hydrogens is 250 g/mol. The van der Waals surface area contributed by atoms with E-state index in [4.69, 9.17) is 5.73 Å². The van der Waals surface area contributed by atoms with E-state index in [1.165, 1.54) is 25.7 Å². The van der Waals surface area contributed by atoms with Crippen molar-refractivity contribution >= 4 is 11.6 Å². The zero-order chi connectivity index (χ0) is 14.4. The Bertz CT molecular complexity index is 439. The Morgan fingerprint density at radius 2 is 2.00 bits per heavy atom. The fourth-order valence-corrected chi connectivity index (χ4v) is 2.67. The molecule has 4 heteroatoms. The lowest BCUT2D eigenvalue weighted by atomic mass is 10.2. The molecule has 1 fully saturated rings. The molecule has 0 bridgehead atoms. The first kappa shape index (κ1) is 15.0. The Labute approximate surface area is 121 Å². The van der Waals surface area contributed by atoms with Crippen LogP contribution in [-0.4, -0.2) is 29.9 Å². The largest absolute Gasteiger partial charge is 0.326 e. The van der Waals surface area contributed by atoms with Gasteiger partial charge in [0.05, 0.1) is 6.04 Å². The average Bonchev–Trinajstić information content (AvgIpc) is 2.75. The molecule has 1 heterocycles. The van der Waals surface area contributed by atoms with Gasteiger partial charge in [-0.05, 0) is 50.6 Å². The number of rotatable bonds is 4. The third-order valence-corrected chi connectivity index (χ3v) is 4.00. The molecule has 1 amide bonds. The number of carbonyl (C=O) groups is 1. The van der Waals surface area contributed by atoms with Crippen LogP contribution >= 0.6 is 0 Å². The van der Waals surface area contributed by atoms with Crippen LogP contribution in [-0.2, 0) is 11.3 Å². The van der Waals surface area contributed by atoms with Crippen LogP contribution in [0.4, 0.5) is 5.69 Å². The number of hydrogen-bond donors (Lipinski definition) is 2. The summed E-state index contributed by atoms with van der Waals surface area (Å²) >= 11 is 0. The number of benzene rings is 1. The van der Waals surface area contributed by atoms with Crippen molar-refractivity contribution in [2.75, 3.05) is 18.4 Å². The highest BCUT2D eigenvalue weighted by Gasteiger charge is 2.22. The van der Waals surface area contributed by atoms with Crippen LogP contribution in [0.25, 0.3) is 0 Å². The van der Waals surface area contributed by atoms with Crippen LogP contribution in [0.1, 0.15) is 38.2 Å². The van der Waals surface area contributed by atoms with Crippen molar-refractivity contribution in [1.82, 2.24) is 4.90 Å². The molecule has 0 saturated carbocycles. The molecule has 0 radical (unpaired) electrons. The SMILES string of the molecule is CC(C(=O)Nc1cccc(CN)c1)N1CCCCCC1. The van der Waals surface area contributed by atoms with Gasteiger partial charge in [-0.2, -0.15) is 0 Å². The maximum Gasteiger partial charge on any atom is 0.241 e. The first-order valence-electron chi connectivity index (χ1n) is 7.54. The number of nitrogens with one attached hydrogen (secondary N) is 1. The molecule has 2 rings (SSSR count). The van der Waals surface area contributed by atoms with E-state index >= 15 is 0 Å². The van der Waals surface area contributed by atoms with Gasteiger partial charge in [0.25, 0.3) is 0 Å². The van der Waals surface area contributed by atoms with Crippen LogP contribution in [0.3, 0.4) is 0 Å². The van der Waals surface area contributed by atoms with Gasteiger partial charge in [0, 0.05) is 12.2 Å². The van der Waals surface area contributed by atoms with E-state index in [2.05, 4.69) is 10.2 Å². The molecule has 1 aromatic rings. The summed E-state index contributed by atoms with van der Waals surface area (Å²) < 4.78 is 0. The first-order chi connectivity index (χ1) is 9.70. The maximum absolute atomic E-state index is 12.3. The van der Waals surface area contributed by atoms with E-state index < -0.39 is 0 Å². The van der Waals surface area contributed by atoms with E-state index in [-0.39, 0.29) is 11.9 Å². The van der Waals surface area contributed by atoms with Gasteiger partial charge in [-0.15, -0.1) is 0 Å². The van der Waals surface area contributed by atoms with Crippen LogP contribution in [0, 0.1) is 0 Å². The van der Waals surface area contributed by atoms with Crippen LogP contribution in [0.15, 0.2) is 24.3 Å². The molecule has 1 aliphatic heterocycles. The lowest BCUT2D eigenvalue weighted by molar-refractivity contribution is -0.120. The van der Waals surface area contributed by atoms with Crippen LogP contribution < -0.4 is 11.1 Å². The summed E-state index contributed by atoms with van der Waals surface area (Å²) in [5.41, 5.74) is 7.49. The third kappa shape index (κ3) is 4.05. The molecule has 4 nitrogen and oxygen atoms in total. The Morgan fingerprint density at radius 3 is 2.65 bits per heavy atom. The highest BCUT2D eigenvalue weighted by atomic mass is 16.2. The zero-order valence-electron chi connectivity index (χ0n) is 12.3. The second-order valence-electron chi connectivity index (χ2n) is 5.52. The van der Waals surface area contributed by atoms with Gasteiger partial charge in [-0.3, -0.25) is 9.69 Å². The normalized spacial score (nSPS) is 18.3. The molecule has 1 saturated heterocycles. The molecule has 20 heavy (non-hydrogen) atoms. The molecule has 110 valence electrons. The van der Waals surface area contributed by atoms with Crippen molar-refractivity contribution < 1.29 is 4.79 Å². The molecule has 1 unspecified atom stereocenters. The third-order valence-electron chi connectivity index (χ3n) is 4.00. The molecule has 1 aliphatic rings. The predicted molar refractivity (Wildman–Crippen MR) is 82.5 cm³/mol. The summed E-state index contributed by atoms with van der Waals surface area (Å²) in [6, 6.07) is 7.66. The smallest absolute Gasteiger partial charge is 0.241 e. The number of amides is 1. The minimum atomic E-state index is -0.0744. The highest BCUT2D eigenvalue weighted by Crippen LogP contribution is 2.15. The second-order valence-corrected chi connectivity index (χ2v) is 5.52. The molecule has 0 spiro atoms. The Balaban J connectivity index is 1.95. The molecule has 3 N–H and O–H groups in total.